The van der Waals surface area contributed by atoms with E-state index in [9.17, 15) is 4.79 Å². The summed E-state index contributed by atoms with van der Waals surface area (Å²) in [4.78, 5) is 16.7. The molecule has 3 N–H and O–H groups in total. The molecule has 0 atom stereocenters. The number of carbonyl (C=O) groups excluding carboxylic acids is 1. The average Bonchev–Trinajstić information content (AvgIpc) is 2.73. The predicted octanol–water partition coefficient (Wildman–Crippen LogP) is 3.35. The molecule has 5 nitrogen and oxygen atoms in total. The number of terminal acetylenes is 1. The molecule has 1 amide bonds. The van der Waals surface area contributed by atoms with E-state index in [1.54, 1.807) is 42.6 Å². The molecule has 0 unspecified atom stereocenters. The third kappa shape index (κ3) is 4.72. The first-order valence-electron chi connectivity index (χ1n) is 8.43. The van der Waals surface area contributed by atoms with Gasteiger partial charge < -0.3 is 15.8 Å². The summed E-state index contributed by atoms with van der Waals surface area (Å²) in [5.41, 5.74) is 9.19. The van der Waals surface area contributed by atoms with Crippen molar-refractivity contribution in [3.63, 3.8) is 0 Å². The van der Waals surface area contributed by atoms with Gasteiger partial charge in [0.05, 0.1) is 5.69 Å². The molecule has 1 heterocycles. The lowest BCUT2D eigenvalue weighted by Gasteiger charge is -2.11. The van der Waals surface area contributed by atoms with Gasteiger partial charge in [0.15, 0.2) is 0 Å². The summed E-state index contributed by atoms with van der Waals surface area (Å²) < 4.78 is 5.68. The number of ether oxygens (including phenoxy) is 1. The Hall–Kier alpha value is -3.62. The van der Waals surface area contributed by atoms with Gasteiger partial charge in [0, 0.05) is 29.6 Å². The summed E-state index contributed by atoms with van der Waals surface area (Å²) in [7, 11) is 0. The molecular weight excluding hydrogens is 338 g/mol. The number of rotatable bonds is 6. The fraction of sp³-hybridized carbons (Fsp3) is 0.0909. The van der Waals surface area contributed by atoms with Crippen LogP contribution in [0.2, 0.25) is 0 Å². The third-order valence-electron chi connectivity index (χ3n) is 3.97. The zero-order valence-corrected chi connectivity index (χ0v) is 14.7. The fourth-order valence-corrected chi connectivity index (χ4v) is 2.50. The van der Waals surface area contributed by atoms with E-state index >= 15 is 0 Å². The van der Waals surface area contributed by atoms with Gasteiger partial charge in [-0.15, -0.1) is 6.42 Å². The van der Waals surface area contributed by atoms with Crippen molar-refractivity contribution in [2.45, 2.75) is 13.2 Å². The minimum atomic E-state index is -0.241. The standard InChI is InChI=1S/C22H19N3O2/c1-2-16-6-7-18(14-23)21(13-16)25-22(26)17-8-10-20(11-9-17)27-15-19-5-3-4-12-24-19/h1,3-13H,14-15,23H2,(H,25,26). The van der Waals surface area contributed by atoms with Gasteiger partial charge in [-0.05, 0) is 54.1 Å². The largest absolute Gasteiger partial charge is 0.487 e. The molecule has 3 rings (SSSR count). The van der Waals surface area contributed by atoms with Crippen LogP contribution in [0.5, 0.6) is 5.75 Å². The normalized spacial score (nSPS) is 10.1. The van der Waals surface area contributed by atoms with E-state index in [1.807, 2.05) is 24.3 Å². The van der Waals surface area contributed by atoms with E-state index in [0.717, 1.165) is 11.3 Å². The maximum Gasteiger partial charge on any atom is 0.255 e. The van der Waals surface area contributed by atoms with E-state index in [4.69, 9.17) is 16.9 Å². The number of hydrogen-bond acceptors (Lipinski definition) is 4. The quantitative estimate of drug-likeness (QED) is 0.663. The summed E-state index contributed by atoms with van der Waals surface area (Å²) in [5, 5.41) is 2.86. The molecule has 0 bridgehead atoms. The molecule has 0 saturated heterocycles. The van der Waals surface area contributed by atoms with Crippen LogP contribution in [-0.4, -0.2) is 10.9 Å². The van der Waals surface area contributed by atoms with Gasteiger partial charge in [0.25, 0.3) is 5.91 Å². The third-order valence-corrected chi connectivity index (χ3v) is 3.97. The number of anilines is 1. The highest BCUT2D eigenvalue weighted by atomic mass is 16.5. The number of aromatic nitrogens is 1. The first-order chi connectivity index (χ1) is 13.2. The summed E-state index contributed by atoms with van der Waals surface area (Å²) in [6, 6.07) is 17.9. The molecule has 0 aliphatic rings. The highest BCUT2D eigenvalue weighted by Crippen LogP contribution is 2.19. The Morgan fingerprint density at radius 1 is 1.15 bits per heavy atom. The van der Waals surface area contributed by atoms with Gasteiger partial charge in [-0.3, -0.25) is 9.78 Å². The summed E-state index contributed by atoms with van der Waals surface area (Å²) in [6.07, 6.45) is 7.15. The molecule has 1 aromatic heterocycles. The molecule has 3 aromatic rings. The summed E-state index contributed by atoms with van der Waals surface area (Å²) in [5.74, 6) is 2.97. The zero-order valence-electron chi connectivity index (χ0n) is 14.7. The van der Waals surface area contributed by atoms with E-state index < -0.39 is 0 Å². The van der Waals surface area contributed by atoms with Crippen LogP contribution in [0.15, 0.2) is 66.9 Å². The second-order valence-electron chi connectivity index (χ2n) is 5.81. The maximum atomic E-state index is 12.5. The maximum absolute atomic E-state index is 12.5. The van der Waals surface area contributed by atoms with E-state index in [-0.39, 0.29) is 5.91 Å². The number of hydrogen-bond donors (Lipinski definition) is 2. The van der Waals surface area contributed by atoms with Crippen molar-refractivity contribution in [1.29, 1.82) is 0 Å². The van der Waals surface area contributed by atoms with E-state index in [1.165, 1.54) is 0 Å². The molecule has 0 fully saturated rings. The molecule has 0 aliphatic carbocycles. The number of nitrogens with zero attached hydrogens (tertiary/aromatic N) is 1. The van der Waals surface area contributed by atoms with Crippen LogP contribution in [-0.2, 0) is 13.2 Å². The SMILES string of the molecule is C#Cc1ccc(CN)c(NC(=O)c2ccc(OCc3ccccn3)cc2)c1. The first kappa shape index (κ1) is 18.2. The monoisotopic (exact) mass is 357 g/mol. The van der Waals surface area contributed by atoms with Gasteiger partial charge in [-0.1, -0.05) is 18.1 Å². The second-order valence-corrected chi connectivity index (χ2v) is 5.81. The van der Waals surface area contributed by atoms with Crippen LogP contribution in [0.25, 0.3) is 0 Å². The van der Waals surface area contributed by atoms with Crippen LogP contribution in [0.1, 0.15) is 27.2 Å². The van der Waals surface area contributed by atoms with E-state index in [2.05, 4.69) is 16.2 Å². The van der Waals surface area contributed by atoms with Crippen molar-refractivity contribution in [3.05, 3.63) is 89.2 Å². The van der Waals surface area contributed by atoms with Crippen LogP contribution in [0.3, 0.4) is 0 Å². The molecule has 0 radical (unpaired) electrons. The molecule has 5 heteroatoms. The molecule has 27 heavy (non-hydrogen) atoms. The van der Waals surface area contributed by atoms with Gasteiger partial charge in [0.2, 0.25) is 0 Å². The number of amides is 1. The van der Waals surface area contributed by atoms with Gasteiger partial charge in [0.1, 0.15) is 12.4 Å². The number of nitrogens with two attached hydrogens (primary N) is 1. The number of pyridine rings is 1. The van der Waals surface area contributed by atoms with Gasteiger partial charge in [-0.2, -0.15) is 0 Å². The molecule has 2 aromatic carbocycles. The van der Waals surface area contributed by atoms with Crippen molar-refractivity contribution in [3.8, 4) is 18.1 Å². The summed E-state index contributed by atoms with van der Waals surface area (Å²) >= 11 is 0. The predicted molar refractivity (Wildman–Crippen MR) is 105 cm³/mol. The Bertz CT molecular complexity index is 961. The van der Waals surface area contributed by atoms with Crippen molar-refractivity contribution >= 4 is 11.6 Å². The van der Waals surface area contributed by atoms with E-state index in [0.29, 0.717) is 35.7 Å². The lowest BCUT2D eigenvalue weighted by Crippen LogP contribution is -2.14. The van der Waals surface area contributed by atoms with Crippen LogP contribution in [0, 0.1) is 12.3 Å². The van der Waals surface area contributed by atoms with Crippen LogP contribution < -0.4 is 15.8 Å². The van der Waals surface area contributed by atoms with Crippen molar-refractivity contribution in [1.82, 2.24) is 4.98 Å². The van der Waals surface area contributed by atoms with Crippen LogP contribution >= 0.6 is 0 Å². The highest BCUT2D eigenvalue weighted by Gasteiger charge is 2.10. The summed E-state index contributed by atoms with van der Waals surface area (Å²) in [6.45, 7) is 0.673. The van der Waals surface area contributed by atoms with Crippen molar-refractivity contribution in [2.24, 2.45) is 5.73 Å². The smallest absolute Gasteiger partial charge is 0.255 e. The topological polar surface area (TPSA) is 77.2 Å². The van der Waals surface area contributed by atoms with Crippen molar-refractivity contribution < 1.29 is 9.53 Å². The number of carbonyl (C=O) groups is 1. The molecule has 0 aliphatic heterocycles. The molecule has 134 valence electrons. The lowest BCUT2D eigenvalue weighted by molar-refractivity contribution is 0.102. The van der Waals surface area contributed by atoms with Gasteiger partial charge >= 0.3 is 0 Å². The number of benzene rings is 2. The van der Waals surface area contributed by atoms with Gasteiger partial charge in [-0.25, -0.2) is 0 Å². The minimum absolute atomic E-state index is 0.241. The Labute approximate surface area is 158 Å². The molecular formula is C22H19N3O2. The van der Waals surface area contributed by atoms with Crippen molar-refractivity contribution in [2.75, 3.05) is 5.32 Å². The Balaban J connectivity index is 1.66. The Morgan fingerprint density at radius 2 is 1.96 bits per heavy atom. The Morgan fingerprint density at radius 3 is 2.63 bits per heavy atom. The second kappa shape index (κ2) is 8.65. The number of nitrogens with one attached hydrogen (secondary N) is 1. The molecule has 0 spiro atoms. The minimum Gasteiger partial charge on any atom is -0.487 e. The first-order valence-corrected chi connectivity index (χ1v) is 8.43. The molecule has 0 saturated carbocycles. The fourth-order valence-electron chi connectivity index (χ4n) is 2.50. The average molecular weight is 357 g/mol. The lowest BCUT2D eigenvalue weighted by atomic mass is 10.1. The zero-order chi connectivity index (χ0) is 19.1. The Kier molecular flexibility index (Phi) is 5.83. The highest BCUT2D eigenvalue weighted by molar-refractivity contribution is 6.04. The van der Waals surface area contributed by atoms with Crippen LogP contribution in [0.4, 0.5) is 5.69 Å².